The first-order chi connectivity index (χ1) is 12.6. The fraction of sp³-hybridized carbons (Fsp3) is 0.364. The van der Waals surface area contributed by atoms with Gasteiger partial charge in [0.15, 0.2) is 5.78 Å². The molecule has 0 saturated carbocycles. The molecule has 1 heterocycles. The summed E-state index contributed by atoms with van der Waals surface area (Å²) in [6.45, 7) is 3.13. The van der Waals surface area contributed by atoms with Gasteiger partial charge in [0.1, 0.15) is 0 Å². The van der Waals surface area contributed by atoms with Gasteiger partial charge in [-0.3, -0.25) is 9.59 Å². The number of piperidine rings is 1. The van der Waals surface area contributed by atoms with Crippen LogP contribution in [0.4, 0.5) is 0 Å². The molecule has 2 unspecified atom stereocenters. The topological polar surface area (TPSA) is 63.4 Å². The third kappa shape index (κ3) is 4.02. The Kier molecular flexibility index (Phi) is 5.84. The number of ketones is 1. The molecule has 136 valence electrons. The molecule has 0 spiro atoms. The molecule has 1 fully saturated rings. The summed E-state index contributed by atoms with van der Waals surface area (Å²) in [6, 6.07) is 18.8. The Labute approximate surface area is 155 Å². The highest BCUT2D eigenvalue weighted by atomic mass is 16.2. The first-order valence-corrected chi connectivity index (χ1v) is 9.26. The monoisotopic (exact) mass is 350 g/mol. The quantitative estimate of drug-likeness (QED) is 0.840. The highest BCUT2D eigenvalue weighted by molar-refractivity contribution is 5.98. The number of carbonyl (C=O) groups excluding carboxylic acids is 2. The molecule has 1 amide bonds. The van der Waals surface area contributed by atoms with Gasteiger partial charge in [-0.15, -0.1) is 0 Å². The zero-order valence-electron chi connectivity index (χ0n) is 15.2. The van der Waals surface area contributed by atoms with Crippen LogP contribution in [0, 0.1) is 11.8 Å². The summed E-state index contributed by atoms with van der Waals surface area (Å²) in [5, 5.41) is 0. The number of likely N-dealkylation sites (tertiary alicyclic amines) is 1. The third-order valence-corrected chi connectivity index (χ3v) is 5.35. The van der Waals surface area contributed by atoms with Crippen LogP contribution in [0.2, 0.25) is 0 Å². The molecule has 2 atom stereocenters. The Morgan fingerprint density at radius 3 is 2.08 bits per heavy atom. The molecule has 0 aromatic heterocycles. The number of rotatable bonds is 5. The van der Waals surface area contributed by atoms with Crippen molar-refractivity contribution < 1.29 is 9.59 Å². The van der Waals surface area contributed by atoms with Crippen LogP contribution in [0.25, 0.3) is 0 Å². The van der Waals surface area contributed by atoms with E-state index in [-0.39, 0.29) is 29.6 Å². The maximum absolute atomic E-state index is 12.8. The first kappa shape index (κ1) is 18.3. The molecule has 1 aliphatic heterocycles. The van der Waals surface area contributed by atoms with Crippen LogP contribution in [0.3, 0.4) is 0 Å². The van der Waals surface area contributed by atoms with E-state index in [9.17, 15) is 9.59 Å². The van der Waals surface area contributed by atoms with Crippen molar-refractivity contribution >= 4 is 11.7 Å². The molecule has 1 saturated heterocycles. The Bertz CT molecular complexity index is 737. The SMILES string of the molecule is CC(C(=O)N1CCC(C(=O)c2ccccc2)CC1)C(N)c1ccccc1. The second-order valence-corrected chi connectivity index (χ2v) is 7.05. The normalized spacial score (nSPS) is 17.5. The number of benzene rings is 2. The van der Waals surface area contributed by atoms with Crippen molar-refractivity contribution in [3.05, 3.63) is 71.8 Å². The second kappa shape index (κ2) is 8.28. The summed E-state index contributed by atoms with van der Waals surface area (Å²) in [5.74, 6) is -0.0166. The van der Waals surface area contributed by atoms with Crippen molar-refractivity contribution in [2.24, 2.45) is 17.6 Å². The van der Waals surface area contributed by atoms with E-state index in [1.54, 1.807) is 0 Å². The van der Waals surface area contributed by atoms with Gasteiger partial charge in [-0.25, -0.2) is 0 Å². The van der Waals surface area contributed by atoms with E-state index in [1.165, 1.54) is 0 Å². The van der Waals surface area contributed by atoms with Gasteiger partial charge in [0.05, 0.1) is 5.92 Å². The smallest absolute Gasteiger partial charge is 0.227 e. The average molecular weight is 350 g/mol. The molecule has 4 nitrogen and oxygen atoms in total. The summed E-state index contributed by atoms with van der Waals surface area (Å²) in [5.41, 5.74) is 8.03. The lowest BCUT2D eigenvalue weighted by molar-refractivity contribution is -0.137. The Hall–Kier alpha value is -2.46. The fourth-order valence-corrected chi connectivity index (χ4v) is 3.61. The van der Waals surface area contributed by atoms with Crippen LogP contribution in [0.1, 0.15) is 41.7 Å². The lowest BCUT2D eigenvalue weighted by atomic mass is 9.87. The molecular weight excluding hydrogens is 324 g/mol. The van der Waals surface area contributed by atoms with Gasteiger partial charge in [-0.1, -0.05) is 67.6 Å². The summed E-state index contributed by atoms with van der Waals surface area (Å²) in [4.78, 5) is 27.3. The Balaban J connectivity index is 1.57. The van der Waals surface area contributed by atoms with Crippen LogP contribution in [0.15, 0.2) is 60.7 Å². The second-order valence-electron chi connectivity index (χ2n) is 7.05. The van der Waals surface area contributed by atoms with E-state index >= 15 is 0 Å². The van der Waals surface area contributed by atoms with E-state index < -0.39 is 0 Å². The van der Waals surface area contributed by atoms with Crippen molar-refractivity contribution in [1.82, 2.24) is 4.90 Å². The fourth-order valence-electron chi connectivity index (χ4n) is 3.61. The van der Waals surface area contributed by atoms with Crippen LogP contribution in [-0.2, 0) is 4.79 Å². The zero-order chi connectivity index (χ0) is 18.5. The molecule has 3 rings (SSSR count). The minimum atomic E-state index is -0.313. The Morgan fingerprint density at radius 2 is 1.50 bits per heavy atom. The molecule has 0 aliphatic carbocycles. The molecule has 2 N–H and O–H groups in total. The van der Waals surface area contributed by atoms with E-state index in [0.29, 0.717) is 25.9 Å². The van der Waals surface area contributed by atoms with Gasteiger partial charge in [-0.05, 0) is 18.4 Å². The molecule has 2 aromatic rings. The number of carbonyl (C=O) groups is 2. The molecule has 26 heavy (non-hydrogen) atoms. The van der Waals surface area contributed by atoms with Gasteiger partial charge >= 0.3 is 0 Å². The maximum atomic E-state index is 12.8. The number of hydrogen-bond acceptors (Lipinski definition) is 3. The number of hydrogen-bond donors (Lipinski definition) is 1. The van der Waals surface area contributed by atoms with Crippen molar-refractivity contribution in [3.8, 4) is 0 Å². The largest absolute Gasteiger partial charge is 0.342 e. The lowest BCUT2D eigenvalue weighted by Gasteiger charge is -2.34. The van der Waals surface area contributed by atoms with Crippen LogP contribution < -0.4 is 5.73 Å². The summed E-state index contributed by atoms with van der Waals surface area (Å²) in [7, 11) is 0. The highest BCUT2D eigenvalue weighted by Crippen LogP contribution is 2.26. The molecule has 1 aliphatic rings. The number of nitrogens with zero attached hydrogens (tertiary/aromatic N) is 1. The van der Waals surface area contributed by atoms with E-state index in [2.05, 4.69) is 0 Å². The van der Waals surface area contributed by atoms with Gasteiger partial charge in [0, 0.05) is 30.6 Å². The van der Waals surface area contributed by atoms with Crippen LogP contribution in [-0.4, -0.2) is 29.7 Å². The molecule has 0 radical (unpaired) electrons. The minimum Gasteiger partial charge on any atom is -0.342 e. The number of amides is 1. The standard InChI is InChI=1S/C22H26N2O2/c1-16(20(23)17-8-4-2-5-9-17)22(26)24-14-12-19(13-15-24)21(25)18-10-6-3-7-11-18/h2-11,16,19-20H,12-15,23H2,1H3. The predicted octanol–water partition coefficient (Wildman–Crippen LogP) is 3.44. The average Bonchev–Trinajstić information content (AvgIpc) is 2.73. The van der Waals surface area contributed by atoms with Crippen LogP contribution in [0.5, 0.6) is 0 Å². The first-order valence-electron chi connectivity index (χ1n) is 9.26. The van der Waals surface area contributed by atoms with Crippen molar-refractivity contribution in [2.75, 3.05) is 13.1 Å². The van der Waals surface area contributed by atoms with Gasteiger partial charge in [0.2, 0.25) is 5.91 Å². The maximum Gasteiger partial charge on any atom is 0.227 e. The highest BCUT2D eigenvalue weighted by Gasteiger charge is 2.31. The van der Waals surface area contributed by atoms with E-state index in [1.807, 2.05) is 72.5 Å². The third-order valence-electron chi connectivity index (χ3n) is 5.35. The van der Waals surface area contributed by atoms with Gasteiger partial charge in [-0.2, -0.15) is 0 Å². The molecular formula is C22H26N2O2. The summed E-state index contributed by atoms with van der Waals surface area (Å²) < 4.78 is 0. The van der Waals surface area contributed by atoms with Crippen molar-refractivity contribution in [1.29, 1.82) is 0 Å². The van der Waals surface area contributed by atoms with Crippen LogP contribution >= 0.6 is 0 Å². The summed E-state index contributed by atoms with van der Waals surface area (Å²) in [6.07, 6.45) is 1.43. The van der Waals surface area contributed by atoms with Crippen molar-refractivity contribution in [3.63, 3.8) is 0 Å². The van der Waals surface area contributed by atoms with E-state index in [4.69, 9.17) is 5.73 Å². The number of nitrogens with two attached hydrogens (primary N) is 1. The molecule has 0 bridgehead atoms. The predicted molar refractivity (Wildman–Crippen MR) is 103 cm³/mol. The van der Waals surface area contributed by atoms with Gasteiger partial charge < -0.3 is 10.6 Å². The zero-order valence-corrected chi connectivity index (χ0v) is 15.2. The molecule has 4 heteroatoms. The Morgan fingerprint density at radius 1 is 0.962 bits per heavy atom. The van der Waals surface area contributed by atoms with Gasteiger partial charge in [0.25, 0.3) is 0 Å². The minimum absolute atomic E-state index is 0.000414. The van der Waals surface area contributed by atoms with Crippen molar-refractivity contribution in [2.45, 2.75) is 25.8 Å². The number of Topliss-reactive ketones (excluding diaryl/α,β-unsaturated/α-hetero) is 1. The summed E-state index contributed by atoms with van der Waals surface area (Å²) >= 11 is 0. The van der Waals surface area contributed by atoms with E-state index in [0.717, 1.165) is 11.1 Å². The molecule has 2 aromatic carbocycles. The lowest BCUT2D eigenvalue weighted by Crippen LogP contribution is -2.44.